The van der Waals surface area contributed by atoms with Crippen molar-refractivity contribution in [3.8, 4) is 33.9 Å². The van der Waals surface area contributed by atoms with Gasteiger partial charge in [0.1, 0.15) is 11.2 Å². The van der Waals surface area contributed by atoms with Gasteiger partial charge < -0.3 is 4.42 Å². The Morgan fingerprint density at radius 1 is 0.469 bits per heavy atom. The summed E-state index contributed by atoms with van der Waals surface area (Å²) in [6.07, 6.45) is 11.3. The maximum atomic E-state index is 6.25. The van der Waals surface area contributed by atoms with Crippen LogP contribution in [0, 0.1) is 5.92 Å². The fourth-order valence-corrected chi connectivity index (χ4v) is 7.59. The minimum absolute atomic E-state index is 0.233. The van der Waals surface area contributed by atoms with E-state index in [1.54, 1.807) is 0 Å². The van der Waals surface area contributed by atoms with Crippen LogP contribution < -0.4 is 0 Å². The summed E-state index contributed by atoms with van der Waals surface area (Å²) in [5.41, 5.74) is 9.62. The van der Waals surface area contributed by atoms with Gasteiger partial charge in [-0.2, -0.15) is 0 Å². The number of nitrogens with zero attached hydrogens (tertiary/aromatic N) is 3. The number of rotatable bonds is 4. The Kier molecular flexibility index (Phi) is 6.28. The SMILES string of the molecule is C1=CC2c3ccccc3C=CC2C=C1c1nc(-c2ccccc2)nc(-c2ccc(-c3cccc4oc5ccccc5c34)c3ccccc23)n1. The van der Waals surface area contributed by atoms with Crippen LogP contribution in [-0.2, 0) is 0 Å². The molecule has 0 radical (unpaired) electrons. The third kappa shape index (κ3) is 4.56. The first-order valence-electron chi connectivity index (χ1n) is 16.7. The lowest BCUT2D eigenvalue weighted by Crippen LogP contribution is -2.15. The highest BCUT2D eigenvalue weighted by Crippen LogP contribution is 2.43. The van der Waals surface area contributed by atoms with Crippen LogP contribution in [0.2, 0.25) is 0 Å². The maximum Gasteiger partial charge on any atom is 0.164 e. The van der Waals surface area contributed by atoms with Crippen LogP contribution in [0.25, 0.3) is 78.3 Å². The van der Waals surface area contributed by atoms with Gasteiger partial charge in [0.05, 0.1) is 0 Å². The molecule has 230 valence electrons. The van der Waals surface area contributed by atoms with Gasteiger partial charge in [0.2, 0.25) is 0 Å². The molecule has 0 spiro atoms. The second-order valence-corrected chi connectivity index (χ2v) is 12.7. The first kappa shape index (κ1) is 27.7. The first-order chi connectivity index (χ1) is 24.3. The molecule has 0 N–H and O–H groups in total. The van der Waals surface area contributed by atoms with Crippen LogP contribution in [0.5, 0.6) is 0 Å². The van der Waals surface area contributed by atoms with Gasteiger partial charge in [-0.15, -0.1) is 0 Å². The zero-order chi connectivity index (χ0) is 32.3. The summed E-state index contributed by atoms with van der Waals surface area (Å²) in [6.45, 7) is 0. The third-order valence-corrected chi connectivity index (χ3v) is 9.91. The Bertz CT molecular complexity index is 2680. The van der Waals surface area contributed by atoms with E-state index in [2.05, 4.69) is 127 Å². The van der Waals surface area contributed by atoms with Crippen LogP contribution >= 0.6 is 0 Å². The largest absolute Gasteiger partial charge is 0.456 e. The molecule has 2 atom stereocenters. The Balaban J connectivity index is 1.14. The number of furan rings is 1. The second kappa shape index (κ2) is 11.1. The molecular weight excluding hydrogens is 599 g/mol. The number of aromatic nitrogens is 3. The van der Waals surface area contributed by atoms with Crippen molar-refractivity contribution in [2.75, 3.05) is 0 Å². The van der Waals surface area contributed by atoms with E-state index in [-0.39, 0.29) is 5.92 Å². The molecule has 0 aliphatic heterocycles. The smallest absolute Gasteiger partial charge is 0.164 e. The molecule has 0 bridgehead atoms. The van der Waals surface area contributed by atoms with Crippen molar-refractivity contribution in [3.05, 3.63) is 175 Å². The molecule has 2 aromatic heterocycles. The zero-order valence-electron chi connectivity index (χ0n) is 26.5. The number of fused-ring (bicyclic) bond motifs is 7. The summed E-state index contributed by atoms with van der Waals surface area (Å²) in [5, 5.41) is 4.45. The van der Waals surface area contributed by atoms with E-state index in [0.717, 1.165) is 60.5 Å². The standard InChI is InChI=1S/C45H29N3O/c1-2-12-29(13-3-1)43-46-44(31-23-24-33-30(27-31)22-21-28-11-4-5-14-32(28)33)48-45(47-43)38-26-25-36(34-15-6-7-16-35(34)38)37-18-10-20-41-42(37)39-17-8-9-19-40(39)49-41/h1-27,30,33H. The number of benzene rings is 6. The van der Waals surface area contributed by atoms with Crippen LogP contribution in [0.1, 0.15) is 22.9 Å². The van der Waals surface area contributed by atoms with Crippen LogP contribution in [0.4, 0.5) is 0 Å². The van der Waals surface area contributed by atoms with E-state index in [4.69, 9.17) is 19.4 Å². The highest BCUT2D eigenvalue weighted by molar-refractivity contribution is 6.16. The summed E-state index contributed by atoms with van der Waals surface area (Å²) in [5.74, 6) is 2.52. The van der Waals surface area contributed by atoms with Crippen molar-refractivity contribution in [3.63, 3.8) is 0 Å². The second-order valence-electron chi connectivity index (χ2n) is 12.7. The number of hydrogen-bond donors (Lipinski definition) is 0. The molecule has 2 heterocycles. The quantitative estimate of drug-likeness (QED) is 0.195. The molecule has 2 aliphatic carbocycles. The van der Waals surface area contributed by atoms with Crippen molar-refractivity contribution >= 4 is 44.4 Å². The van der Waals surface area contributed by atoms with Gasteiger partial charge in [0.15, 0.2) is 17.5 Å². The Labute approximate surface area is 283 Å². The Morgan fingerprint density at radius 2 is 1.16 bits per heavy atom. The molecule has 10 rings (SSSR count). The van der Waals surface area contributed by atoms with Gasteiger partial charge in [-0.05, 0) is 51.2 Å². The molecule has 4 heteroatoms. The molecule has 4 nitrogen and oxygen atoms in total. The van der Waals surface area contributed by atoms with Gasteiger partial charge in [0, 0.05) is 39.3 Å². The highest BCUT2D eigenvalue weighted by Gasteiger charge is 2.27. The maximum absolute atomic E-state index is 6.25. The van der Waals surface area contributed by atoms with E-state index >= 15 is 0 Å². The number of para-hydroxylation sites is 1. The molecule has 49 heavy (non-hydrogen) atoms. The van der Waals surface area contributed by atoms with Gasteiger partial charge in [-0.3, -0.25) is 0 Å². The highest BCUT2D eigenvalue weighted by atomic mass is 16.3. The normalized spacial score (nSPS) is 16.5. The lowest BCUT2D eigenvalue weighted by molar-refractivity contribution is 0.669. The average Bonchev–Trinajstić information content (AvgIpc) is 3.56. The van der Waals surface area contributed by atoms with Crippen molar-refractivity contribution in [1.82, 2.24) is 15.0 Å². The molecular formula is C45H29N3O. The predicted molar refractivity (Wildman–Crippen MR) is 200 cm³/mol. The van der Waals surface area contributed by atoms with Gasteiger partial charge in [0.25, 0.3) is 0 Å². The molecule has 0 saturated heterocycles. The van der Waals surface area contributed by atoms with Crippen LogP contribution in [0.3, 0.4) is 0 Å². The van der Waals surface area contributed by atoms with E-state index in [9.17, 15) is 0 Å². The van der Waals surface area contributed by atoms with Crippen LogP contribution in [0.15, 0.2) is 162 Å². The fraction of sp³-hybridized carbons (Fsp3) is 0.0444. The molecule has 2 aliphatic rings. The molecule has 6 aromatic carbocycles. The van der Waals surface area contributed by atoms with Gasteiger partial charge in [-0.25, -0.2) is 15.0 Å². The van der Waals surface area contributed by atoms with E-state index in [1.165, 1.54) is 11.1 Å². The Morgan fingerprint density at radius 3 is 2.06 bits per heavy atom. The molecule has 8 aromatic rings. The van der Waals surface area contributed by atoms with E-state index < -0.39 is 0 Å². The number of hydrogen-bond acceptors (Lipinski definition) is 4. The van der Waals surface area contributed by atoms with Crippen LogP contribution in [-0.4, -0.2) is 15.0 Å². The van der Waals surface area contributed by atoms with Crippen molar-refractivity contribution in [2.24, 2.45) is 5.92 Å². The summed E-state index contributed by atoms with van der Waals surface area (Å²) in [7, 11) is 0. The van der Waals surface area contributed by atoms with E-state index in [0.29, 0.717) is 23.4 Å². The minimum Gasteiger partial charge on any atom is -0.456 e. The summed E-state index contributed by atoms with van der Waals surface area (Å²) in [6, 6.07) is 46.3. The molecule has 2 unspecified atom stereocenters. The minimum atomic E-state index is 0.233. The van der Waals surface area contributed by atoms with E-state index in [1.807, 2.05) is 36.4 Å². The third-order valence-electron chi connectivity index (χ3n) is 9.91. The average molecular weight is 628 g/mol. The zero-order valence-corrected chi connectivity index (χ0v) is 26.5. The van der Waals surface area contributed by atoms with Gasteiger partial charge >= 0.3 is 0 Å². The summed E-state index contributed by atoms with van der Waals surface area (Å²) < 4.78 is 6.25. The molecule has 0 amide bonds. The lowest BCUT2D eigenvalue weighted by atomic mass is 9.76. The topological polar surface area (TPSA) is 51.8 Å². The molecule has 0 saturated carbocycles. The monoisotopic (exact) mass is 627 g/mol. The van der Waals surface area contributed by atoms with Gasteiger partial charge in [-0.1, -0.05) is 146 Å². The predicted octanol–water partition coefficient (Wildman–Crippen LogP) is 11.3. The summed E-state index contributed by atoms with van der Waals surface area (Å²) >= 11 is 0. The van der Waals surface area contributed by atoms with Crippen molar-refractivity contribution in [1.29, 1.82) is 0 Å². The lowest BCUT2D eigenvalue weighted by Gasteiger charge is -2.28. The number of allylic oxidation sites excluding steroid dienone is 5. The first-order valence-corrected chi connectivity index (χ1v) is 16.7. The molecule has 0 fully saturated rings. The van der Waals surface area contributed by atoms with Crippen molar-refractivity contribution in [2.45, 2.75) is 5.92 Å². The Hall–Kier alpha value is -6.39. The summed E-state index contributed by atoms with van der Waals surface area (Å²) in [4.78, 5) is 15.4. The van der Waals surface area contributed by atoms with Crippen molar-refractivity contribution < 1.29 is 4.42 Å². The fourth-order valence-electron chi connectivity index (χ4n) is 7.59.